The van der Waals surface area contributed by atoms with Crippen LogP contribution in [0.25, 0.3) is 0 Å². The van der Waals surface area contributed by atoms with Crippen LogP contribution in [0.4, 0.5) is 0 Å². The summed E-state index contributed by atoms with van der Waals surface area (Å²) in [6.07, 6.45) is -3.52. The monoisotopic (exact) mass is 505 g/mol. The number of aliphatic hydroxyl groups is 2. The molecule has 0 radical (unpaired) electrons. The Labute approximate surface area is 200 Å². The summed E-state index contributed by atoms with van der Waals surface area (Å²) in [5, 5.41) is 44.7. The summed E-state index contributed by atoms with van der Waals surface area (Å²) >= 11 is 0.477. The van der Waals surface area contributed by atoms with E-state index in [1.54, 1.807) is 13.8 Å². The van der Waals surface area contributed by atoms with Crippen molar-refractivity contribution in [1.82, 2.24) is 16.0 Å². The SMILES string of the molecule is CC(C)[C@H](O)[C@@]1(C(=O)SCC(NC(=O)CCCC(=O)O)C(=O)NCC(=O)O)NC(=O)[C@H](C)[C@@H]1O. The van der Waals surface area contributed by atoms with E-state index < -0.39 is 82.7 Å². The molecule has 1 saturated heterocycles. The predicted molar refractivity (Wildman–Crippen MR) is 118 cm³/mol. The van der Waals surface area contributed by atoms with Gasteiger partial charge in [0.2, 0.25) is 22.8 Å². The maximum atomic E-state index is 13.2. The summed E-state index contributed by atoms with van der Waals surface area (Å²) in [4.78, 5) is 71.2. The van der Waals surface area contributed by atoms with Gasteiger partial charge in [-0.2, -0.15) is 0 Å². The van der Waals surface area contributed by atoms with Crippen LogP contribution in [0, 0.1) is 11.8 Å². The van der Waals surface area contributed by atoms with E-state index in [1.165, 1.54) is 6.92 Å². The van der Waals surface area contributed by atoms with Gasteiger partial charge in [0.1, 0.15) is 12.6 Å². The summed E-state index contributed by atoms with van der Waals surface area (Å²) in [7, 11) is 0. The number of carbonyl (C=O) groups excluding carboxylic acids is 4. The smallest absolute Gasteiger partial charge is 0.322 e. The van der Waals surface area contributed by atoms with Crippen molar-refractivity contribution in [1.29, 1.82) is 0 Å². The molecule has 192 valence electrons. The van der Waals surface area contributed by atoms with E-state index in [-0.39, 0.29) is 19.3 Å². The highest BCUT2D eigenvalue weighted by Crippen LogP contribution is 2.36. The van der Waals surface area contributed by atoms with Crippen molar-refractivity contribution in [3.8, 4) is 0 Å². The van der Waals surface area contributed by atoms with Gasteiger partial charge in [0.15, 0.2) is 5.54 Å². The predicted octanol–water partition coefficient (Wildman–Crippen LogP) is -1.93. The average Bonchev–Trinajstić information content (AvgIpc) is 2.98. The number of aliphatic carboxylic acids is 2. The van der Waals surface area contributed by atoms with Gasteiger partial charge < -0.3 is 36.4 Å². The Morgan fingerprint density at radius 1 is 1.12 bits per heavy atom. The molecule has 1 aliphatic heterocycles. The number of carboxylic acid groups (broad SMARTS) is 2. The highest BCUT2D eigenvalue weighted by atomic mass is 32.2. The molecule has 1 heterocycles. The number of rotatable bonds is 13. The number of amides is 3. The van der Waals surface area contributed by atoms with Crippen LogP contribution in [0.5, 0.6) is 0 Å². The topological polar surface area (TPSA) is 219 Å². The van der Waals surface area contributed by atoms with Crippen LogP contribution in [-0.4, -0.2) is 91.3 Å². The van der Waals surface area contributed by atoms with Crippen molar-refractivity contribution < 1.29 is 49.2 Å². The zero-order valence-electron chi connectivity index (χ0n) is 19.1. The molecule has 0 aromatic heterocycles. The highest BCUT2D eigenvalue weighted by Gasteiger charge is 2.60. The lowest BCUT2D eigenvalue weighted by Gasteiger charge is -2.37. The van der Waals surface area contributed by atoms with E-state index in [0.717, 1.165) is 0 Å². The van der Waals surface area contributed by atoms with Crippen molar-refractivity contribution in [2.75, 3.05) is 12.3 Å². The summed E-state index contributed by atoms with van der Waals surface area (Å²) in [5.74, 6) is -6.60. The molecule has 0 saturated carbocycles. The Kier molecular flexibility index (Phi) is 10.9. The Bertz CT molecular complexity index is 820. The van der Waals surface area contributed by atoms with Gasteiger partial charge in [-0.3, -0.25) is 28.8 Å². The van der Waals surface area contributed by atoms with Crippen LogP contribution >= 0.6 is 11.8 Å². The highest BCUT2D eigenvalue weighted by molar-refractivity contribution is 8.13. The lowest BCUT2D eigenvalue weighted by atomic mass is 9.81. The molecular weight excluding hydrogens is 474 g/mol. The fraction of sp³-hybridized carbons (Fsp3) is 0.700. The number of nitrogens with one attached hydrogen (secondary N) is 3. The second kappa shape index (κ2) is 12.7. The molecule has 7 N–H and O–H groups in total. The molecule has 0 bridgehead atoms. The van der Waals surface area contributed by atoms with E-state index in [4.69, 9.17) is 10.2 Å². The molecule has 1 rings (SSSR count). The van der Waals surface area contributed by atoms with E-state index in [9.17, 15) is 39.0 Å². The summed E-state index contributed by atoms with van der Waals surface area (Å²) in [6.45, 7) is 3.83. The van der Waals surface area contributed by atoms with E-state index >= 15 is 0 Å². The fourth-order valence-electron chi connectivity index (χ4n) is 3.41. The van der Waals surface area contributed by atoms with Crippen molar-refractivity contribution in [2.45, 2.75) is 63.8 Å². The summed E-state index contributed by atoms with van der Waals surface area (Å²) in [6, 6.07) is -1.38. The molecule has 13 nitrogen and oxygen atoms in total. The van der Waals surface area contributed by atoms with Crippen LogP contribution in [0.15, 0.2) is 0 Å². The minimum Gasteiger partial charge on any atom is -0.481 e. The Balaban J connectivity index is 3.02. The normalized spacial score (nSPS) is 23.6. The Hall–Kier alpha value is -2.71. The number of hydrogen-bond donors (Lipinski definition) is 7. The third-order valence-corrected chi connectivity index (χ3v) is 6.46. The molecule has 34 heavy (non-hydrogen) atoms. The molecule has 1 aliphatic rings. The van der Waals surface area contributed by atoms with E-state index in [1.807, 2.05) is 0 Å². The van der Waals surface area contributed by atoms with Crippen molar-refractivity contribution in [2.24, 2.45) is 11.8 Å². The summed E-state index contributed by atoms with van der Waals surface area (Å²) < 4.78 is 0. The molecule has 5 atom stereocenters. The van der Waals surface area contributed by atoms with Gasteiger partial charge in [0.25, 0.3) is 0 Å². The molecular formula is C20H31N3O10S. The Morgan fingerprint density at radius 3 is 2.21 bits per heavy atom. The van der Waals surface area contributed by atoms with E-state index in [0.29, 0.717) is 11.8 Å². The molecule has 0 aliphatic carbocycles. The lowest BCUT2D eigenvalue weighted by Crippen LogP contribution is -2.64. The standard InChI is InChI=1S/C20H31N3O10S/c1-9(2)15(29)20(16(30)10(3)17(31)23-20)19(33)34-8-11(18(32)21-7-14(27)28)22-12(24)5-4-6-13(25)26/h9-11,15-16,29-30H,4-8H2,1-3H3,(H,21,32)(H,22,24)(H,23,31)(H,25,26)(H,27,28)/t10-,11?,15+,16+,20-/m1/s1. The van der Waals surface area contributed by atoms with Gasteiger partial charge in [0.05, 0.1) is 18.1 Å². The average molecular weight is 506 g/mol. The van der Waals surface area contributed by atoms with Crippen molar-refractivity contribution in [3.05, 3.63) is 0 Å². The zero-order valence-corrected chi connectivity index (χ0v) is 19.9. The second-order valence-electron chi connectivity index (χ2n) is 8.36. The molecule has 0 spiro atoms. The van der Waals surface area contributed by atoms with Crippen LogP contribution in [-0.2, 0) is 28.8 Å². The fourth-order valence-corrected chi connectivity index (χ4v) is 4.49. The third kappa shape index (κ3) is 7.40. The largest absolute Gasteiger partial charge is 0.481 e. The van der Waals surface area contributed by atoms with E-state index in [2.05, 4.69) is 16.0 Å². The molecule has 1 fully saturated rings. The minimum absolute atomic E-state index is 0.00346. The lowest BCUT2D eigenvalue weighted by molar-refractivity contribution is -0.138. The third-order valence-electron chi connectivity index (χ3n) is 5.36. The minimum atomic E-state index is -2.04. The molecule has 14 heteroatoms. The maximum Gasteiger partial charge on any atom is 0.322 e. The van der Waals surface area contributed by atoms with Crippen LogP contribution in [0.1, 0.15) is 40.0 Å². The maximum absolute atomic E-state index is 13.2. The van der Waals surface area contributed by atoms with Crippen LogP contribution < -0.4 is 16.0 Å². The molecule has 3 amide bonds. The first-order chi connectivity index (χ1) is 15.7. The Morgan fingerprint density at radius 2 is 1.74 bits per heavy atom. The number of carboxylic acids is 2. The molecule has 0 aromatic carbocycles. The number of carbonyl (C=O) groups is 6. The zero-order chi connectivity index (χ0) is 26.2. The van der Waals surface area contributed by atoms with Gasteiger partial charge in [-0.05, 0) is 12.3 Å². The van der Waals surface area contributed by atoms with Gasteiger partial charge in [0, 0.05) is 18.6 Å². The van der Waals surface area contributed by atoms with Gasteiger partial charge >= 0.3 is 11.9 Å². The summed E-state index contributed by atoms with van der Waals surface area (Å²) in [5.41, 5.74) is -2.04. The van der Waals surface area contributed by atoms with Crippen molar-refractivity contribution >= 4 is 46.5 Å². The van der Waals surface area contributed by atoms with Gasteiger partial charge in [-0.25, -0.2) is 0 Å². The number of thioether (sulfide) groups is 1. The first-order valence-corrected chi connectivity index (χ1v) is 11.6. The van der Waals surface area contributed by atoms with Gasteiger partial charge in [-0.1, -0.05) is 32.5 Å². The van der Waals surface area contributed by atoms with Crippen molar-refractivity contribution in [3.63, 3.8) is 0 Å². The second-order valence-corrected chi connectivity index (χ2v) is 9.35. The quantitative estimate of drug-likeness (QED) is 0.146. The number of hydrogen-bond acceptors (Lipinski definition) is 9. The van der Waals surface area contributed by atoms with Gasteiger partial charge in [-0.15, -0.1) is 0 Å². The first kappa shape index (κ1) is 29.3. The molecule has 0 aromatic rings. The number of aliphatic hydroxyl groups excluding tert-OH is 2. The first-order valence-electron chi connectivity index (χ1n) is 10.6. The van der Waals surface area contributed by atoms with Crippen LogP contribution in [0.2, 0.25) is 0 Å². The molecule has 1 unspecified atom stereocenters. The van der Waals surface area contributed by atoms with Crippen LogP contribution in [0.3, 0.4) is 0 Å².